The van der Waals surface area contributed by atoms with Gasteiger partial charge < -0.3 is 15.2 Å². The van der Waals surface area contributed by atoms with Gasteiger partial charge in [-0.2, -0.15) is 4.39 Å². The average molecular weight is 274 g/mol. The first-order chi connectivity index (χ1) is 8.63. The van der Waals surface area contributed by atoms with Crippen LogP contribution < -0.4 is 10.1 Å². The molecule has 0 bridgehead atoms. The Balaban J connectivity index is 2.22. The highest BCUT2D eigenvalue weighted by Gasteiger charge is 2.21. The maximum atomic E-state index is 13.8. The van der Waals surface area contributed by atoms with Crippen LogP contribution in [0.3, 0.4) is 0 Å². The molecule has 0 saturated carbocycles. The lowest BCUT2D eigenvalue weighted by molar-refractivity contribution is 0.348. The number of hydrogen-bond donors (Lipinski definition) is 2. The number of methoxy groups -OCH3 is 1. The Hall–Kier alpha value is -1.00. The van der Waals surface area contributed by atoms with Gasteiger partial charge in [-0.1, -0.05) is 11.6 Å². The number of benzene rings is 1. The number of ether oxygens (including phenoxy) is 1. The van der Waals surface area contributed by atoms with Crippen molar-refractivity contribution in [2.45, 2.75) is 19.3 Å². The first kappa shape index (κ1) is 13.4. The fourth-order valence-electron chi connectivity index (χ4n) is 2.38. The van der Waals surface area contributed by atoms with Gasteiger partial charge in [0.15, 0.2) is 11.5 Å². The Morgan fingerprint density at radius 1 is 1.50 bits per heavy atom. The van der Waals surface area contributed by atoms with E-state index in [1.807, 2.05) is 0 Å². The summed E-state index contributed by atoms with van der Waals surface area (Å²) in [5.41, 5.74) is 0.560. The number of rotatable bonds is 3. The molecule has 0 atom stereocenters. The molecule has 100 valence electrons. The maximum absolute atomic E-state index is 13.8. The molecule has 3 nitrogen and oxygen atoms in total. The van der Waals surface area contributed by atoms with Crippen LogP contribution in [-0.2, 0) is 6.42 Å². The predicted octanol–water partition coefficient (Wildman–Crippen LogP) is 2.74. The van der Waals surface area contributed by atoms with Crippen LogP contribution in [-0.4, -0.2) is 25.3 Å². The lowest BCUT2D eigenvalue weighted by Gasteiger charge is -2.23. The molecule has 1 aromatic carbocycles. The molecule has 0 aliphatic carbocycles. The maximum Gasteiger partial charge on any atom is 0.208 e. The smallest absolute Gasteiger partial charge is 0.208 e. The molecular weight excluding hydrogens is 257 g/mol. The summed E-state index contributed by atoms with van der Waals surface area (Å²) < 4.78 is 18.6. The van der Waals surface area contributed by atoms with E-state index in [0.717, 1.165) is 25.9 Å². The summed E-state index contributed by atoms with van der Waals surface area (Å²) in [6.45, 7) is 1.94. The molecule has 1 aromatic rings. The molecule has 0 unspecified atom stereocenters. The number of halogens is 2. The van der Waals surface area contributed by atoms with Gasteiger partial charge in [0, 0.05) is 0 Å². The highest BCUT2D eigenvalue weighted by Crippen LogP contribution is 2.37. The van der Waals surface area contributed by atoms with E-state index >= 15 is 0 Å². The zero-order valence-corrected chi connectivity index (χ0v) is 11.1. The number of phenolic OH excluding ortho intramolecular Hbond substituents is 1. The quantitative estimate of drug-likeness (QED) is 0.890. The van der Waals surface area contributed by atoms with Crippen LogP contribution in [0.4, 0.5) is 4.39 Å². The number of phenols is 1. The van der Waals surface area contributed by atoms with E-state index in [1.165, 1.54) is 7.11 Å². The Labute approximate surface area is 111 Å². The third kappa shape index (κ3) is 2.70. The Morgan fingerprint density at radius 3 is 2.78 bits per heavy atom. The first-order valence-corrected chi connectivity index (χ1v) is 6.45. The monoisotopic (exact) mass is 273 g/mol. The van der Waals surface area contributed by atoms with Crippen molar-refractivity contribution in [2.75, 3.05) is 20.2 Å². The van der Waals surface area contributed by atoms with Crippen molar-refractivity contribution in [3.63, 3.8) is 0 Å². The van der Waals surface area contributed by atoms with Gasteiger partial charge in [0.1, 0.15) is 0 Å². The number of aromatic hydroxyl groups is 1. The minimum Gasteiger partial charge on any atom is -0.505 e. The molecule has 18 heavy (non-hydrogen) atoms. The summed E-state index contributed by atoms with van der Waals surface area (Å²) in [7, 11) is 1.33. The third-order valence-corrected chi connectivity index (χ3v) is 3.68. The van der Waals surface area contributed by atoms with Crippen molar-refractivity contribution in [3.05, 3.63) is 22.5 Å². The molecule has 1 saturated heterocycles. The molecule has 2 N–H and O–H groups in total. The fraction of sp³-hybridized carbons (Fsp3) is 0.538. The minimum atomic E-state index is -0.770. The molecule has 0 radical (unpaired) electrons. The molecule has 0 amide bonds. The first-order valence-electron chi connectivity index (χ1n) is 6.08. The highest BCUT2D eigenvalue weighted by molar-refractivity contribution is 6.32. The zero-order chi connectivity index (χ0) is 13.1. The summed E-state index contributed by atoms with van der Waals surface area (Å²) in [4.78, 5) is 0. The Kier molecular flexibility index (Phi) is 4.30. The normalized spacial score (nSPS) is 16.8. The fourth-order valence-corrected chi connectivity index (χ4v) is 2.67. The summed E-state index contributed by atoms with van der Waals surface area (Å²) in [5, 5.41) is 13.3. The Bertz CT molecular complexity index is 433. The third-order valence-electron chi connectivity index (χ3n) is 3.40. The minimum absolute atomic E-state index is 0.0942. The molecule has 2 rings (SSSR count). The summed E-state index contributed by atoms with van der Waals surface area (Å²) >= 11 is 5.94. The van der Waals surface area contributed by atoms with Crippen molar-refractivity contribution in [2.24, 2.45) is 5.92 Å². The summed E-state index contributed by atoms with van der Waals surface area (Å²) in [6, 6.07) is 1.60. The lowest BCUT2D eigenvalue weighted by Crippen LogP contribution is -2.28. The van der Waals surface area contributed by atoms with Crippen LogP contribution in [0.5, 0.6) is 11.5 Å². The van der Waals surface area contributed by atoms with Gasteiger partial charge in [0.25, 0.3) is 0 Å². The Morgan fingerprint density at radius 2 is 2.17 bits per heavy atom. The van der Waals surface area contributed by atoms with E-state index in [0.29, 0.717) is 17.9 Å². The number of nitrogens with one attached hydrogen (secondary N) is 1. The van der Waals surface area contributed by atoms with E-state index in [2.05, 4.69) is 5.32 Å². The van der Waals surface area contributed by atoms with Crippen LogP contribution in [0, 0.1) is 11.7 Å². The molecule has 1 aliphatic rings. The van der Waals surface area contributed by atoms with Crippen LogP contribution in [0.15, 0.2) is 6.07 Å². The lowest BCUT2D eigenvalue weighted by atomic mass is 9.90. The van der Waals surface area contributed by atoms with Gasteiger partial charge in [0.2, 0.25) is 5.82 Å². The molecule has 1 heterocycles. The van der Waals surface area contributed by atoms with Gasteiger partial charge in [-0.25, -0.2) is 0 Å². The second-order valence-corrected chi connectivity index (χ2v) is 5.02. The van der Waals surface area contributed by atoms with E-state index < -0.39 is 5.82 Å². The molecule has 5 heteroatoms. The van der Waals surface area contributed by atoms with Crippen molar-refractivity contribution in [3.8, 4) is 11.5 Å². The van der Waals surface area contributed by atoms with E-state index in [1.54, 1.807) is 6.07 Å². The molecule has 0 aromatic heterocycles. The zero-order valence-electron chi connectivity index (χ0n) is 10.3. The van der Waals surface area contributed by atoms with Gasteiger partial charge in [-0.15, -0.1) is 0 Å². The molecule has 1 aliphatic heterocycles. The van der Waals surface area contributed by atoms with Crippen LogP contribution in [0.1, 0.15) is 18.4 Å². The number of hydrogen-bond acceptors (Lipinski definition) is 3. The summed E-state index contributed by atoms with van der Waals surface area (Å²) in [6.07, 6.45) is 2.71. The van der Waals surface area contributed by atoms with Crippen molar-refractivity contribution < 1.29 is 14.2 Å². The van der Waals surface area contributed by atoms with Gasteiger partial charge in [-0.05, 0) is 49.9 Å². The topological polar surface area (TPSA) is 41.5 Å². The molecule has 0 spiro atoms. The van der Waals surface area contributed by atoms with Crippen LogP contribution in [0.25, 0.3) is 0 Å². The predicted molar refractivity (Wildman–Crippen MR) is 68.9 cm³/mol. The van der Waals surface area contributed by atoms with E-state index in [4.69, 9.17) is 16.3 Å². The number of piperidine rings is 1. The van der Waals surface area contributed by atoms with Crippen LogP contribution >= 0.6 is 11.6 Å². The van der Waals surface area contributed by atoms with Crippen molar-refractivity contribution >= 4 is 11.6 Å². The van der Waals surface area contributed by atoms with Crippen LogP contribution in [0.2, 0.25) is 5.02 Å². The molecular formula is C13H17ClFNO2. The van der Waals surface area contributed by atoms with E-state index in [-0.39, 0.29) is 16.5 Å². The highest BCUT2D eigenvalue weighted by atomic mass is 35.5. The van der Waals surface area contributed by atoms with Gasteiger partial charge >= 0.3 is 0 Å². The second-order valence-electron chi connectivity index (χ2n) is 4.61. The second kappa shape index (κ2) is 5.76. The van der Waals surface area contributed by atoms with Gasteiger partial charge in [0.05, 0.1) is 12.1 Å². The largest absolute Gasteiger partial charge is 0.505 e. The van der Waals surface area contributed by atoms with Crippen molar-refractivity contribution in [1.29, 1.82) is 0 Å². The molecule has 1 fully saturated rings. The SMILES string of the molecule is COc1c(Cl)cc(CC2CCNCC2)c(O)c1F. The standard InChI is InChI=1S/C13H17ClFNO2/c1-18-13-10(14)7-9(12(17)11(13)15)6-8-2-4-16-5-3-8/h7-8,16-17H,2-6H2,1H3. The van der Waals surface area contributed by atoms with Crippen molar-refractivity contribution in [1.82, 2.24) is 5.32 Å². The van der Waals surface area contributed by atoms with E-state index in [9.17, 15) is 9.50 Å². The van der Waals surface area contributed by atoms with Gasteiger partial charge in [-0.3, -0.25) is 0 Å². The summed E-state index contributed by atoms with van der Waals surface area (Å²) in [5.74, 6) is -0.743. The average Bonchev–Trinajstić information content (AvgIpc) is 2.37.